The average molecular weight is 232 g/mol. The molecule has 0 spiro atoms. The fraction of sp³-hybridized carbons (Fsp3) is 0.600. The van der Waals surface area contributed by atoms with Crippen LogP contribution in [-0.4, -0.2) is 30.1 Å². The predicted octanol–water partition coefficient (Wildman–Crippen LogP) is 2.43. The minimum Gasteiger partial charge on any atom is -0.328 e. The molecule has 0 aliphatic carbocycles. The standard InChI is InChI=1S/C15H24N2/c1-13(16)12-15-8-5-10-17(15)11-9-14-6-3-2-4-7-14/h2-4,6-7,13,15H,5,8-12,16H2,1H3. The van der Waals surface area contributed by atoms with Gasteiger partial charge in [-0.15, -0.1) is 0 Å². The van der Waals surface area contributed by atoms with E-state index in [9.17, 15) is 0 Å². The second-order valence-corrected chi connectivity index (χ2v) is 5.28. The number of likely N-dealkylation sites (tertiary alicyclic amines) is 1. The molecule has 1 aliphatic rings. The molecule has 0 saturated carbocycles. The van der Waals surface area contributed by atoms with Crippen LogP contribution in [-0.2, 0) is 6.42 Å². The van der Waals surface area contributed by atoms with Gasteiger partial charge in [-0.2, -0.15) is 0 Å². The zero-order valence-corrected chi connectivity index (χ0v) is 10.8. The predicted molar refractivity (Wildman–Crippen MR) is 73.0 cm³/mol. The van der Waals surface area contributed by atoms with E-state index in [4.69, 9.17) is 5.73 Å². The molecular formula is C15H24N2. The fourth-order valence-corrected chi connectivity index (χ4v) is 2.80. The monoisotopic (exact) mass is 232 g/mol. The van der Waals surface area contributed by atoms with Crippen molar-refractivity contribution >= 4 is 0 Å². The zero-order valence-electron chi connectivity index (χ0n) is 10.8. The Kier molecular flexibility index (Phi) is 4.57. The Morgan fingerprint density at radius 2 is 2.12 bits per heavy atom. The summed E-state index contributed by atoms with van der Waals surface area (Å²) in [5.41, 5.74) is 7.36. The zero-order chi connectivity index (χ0) is 12.1. The van der Waals surface area contributed by atoms with E-state index in [1.807, 2.05) is 0 Å². The molecule has 17 heavy (non-hydrogen) atoms. The topological polar surface area (TPSA) is 29.3 Å². The van der Waals surface area contributed by atoms with Crippen molar-refractivity contribution in [3.8, 4) is 0 Å². The van der Waals surface area contributed by atoms with E-state index in [2.05, 4.69) is 42.2 Å². The molecule has 1 aromatic carbocycles. The Balaban J connectivity index is 1.82. The van der Waals surface area contributed by atoms with E-state index in [1.54, 1.807) is 0 Å². The van der Waals surface area contributed by atoms with Gasteiger partial charge in [-0.25, -0.2) is 0 Å². The van der Waals surface area contributed by atoms with Crippen molar-refractivity contribution in [2.24, 2.45) is 5.73 Å². The third-order valence-electron chi connectivity index (χ3n) is 3.67. The molecule has 1 heterocycles. The first-order chi connectivity index (χ1) is 8.25. The largest absolute Gasteiger partial charge is 0.328 e. The van der Waals surface area contributed by atoms with Crippen LogP contribution in [0, 0.1) is 0 Å². The summed E-state index contributed by atoms with van der Waals surface area (Å²) in [6.45, 7) is 4.55. The van der Waals surface area contributed by atoms with E-state index in [-0.39, 0.29) is 0 Å². The number of nitrogens with two attached hydrogens (primary N) is 1. The lowest BCUT2D eigenvalue weighted by Gasteiger charge is -2.25. The van der Waals surface area contributed by atoms with Crippen molar-refractivity contribution in [2.75, 3.05) is 13.1 Å². The first-order valence-corrected chi connectivity index (χ1v) is 6.79. The van der Waals surface area contributed by atoms with Crippen molar-refractivity contribution in [3.63, 3.8) is 0 Å². The van der Waals surface area contributed by atoms with Crippen LogP contribution < -0.4 is 5.73 Å². The highest BCUT2D eigenvalue weighted by molar-refractivity contribution is 5.14. The lowest BCUT2D eigenvalue weighted by molar-refractivity contribution is 0.238. The molecule has 94 valence electrons. The summed E-state index contributed by atoms with van der Waals surface area (Å²) in [6, 6.07) is 11.8. The van der Waals surface area contributed by atoms with Gasteiger partial charge in [0.25, 0.3) is 0 Å². The fourth-order valence-electron chi connectivity index (χ4n) is 2.80. The van der Waals surface area contributed by atoms with Crippen LogP contribution in [0.15, 0.2) is 30.3 Å². The Morgan fingerprint density at radius 1 is 1.35 bits per heavy atom. The summed E-state index contributed by atoms with van der Waals surface area (Å²) >= 11 is 0. The molecule has 2 atom stereocenters. The van der Waals surface area contributed by atoms with Gasteiger partial charge in [-0.1, -0.05) is 30.3 Å². The maximum atomic E-state index is 5.92. The highest BCUT2D eigenvalue weighted by Gasteiger charge is 2.24. The molecule has 1 fully saturated rings. The van der Waals surface area contributed by atoms with Crippen molar-refractivity contribution in [1.82, 2.24) is 4.90 Å². The maximum Gasteiger partial charge on any atom is 0.0110 e. The summed E-state index contributed by atoms with van der Waals surface area (Å²) in [5, 5.41) is 0. The summed E-state index contributed by atoms with van der Waals surface area (Å²) in [7, 11) is 0. The first-order valence-electron chi connectivity index (χ1n) is 6.79. The maximum absolute atomic E-state index is 5.92. The first kappa shape index (κ1) is 12.6. The summed E-state index contributed by atoms with van der Waals surface area (Å²) in [4.78, 5) is 2.62. The second-order valence-electron chi connectivity index (χ2n) is 5.28. The molecule has 0 radical (unpaired) electrons. The molecule has 0 bridgehead atoms. The molecule has 0 amide bonds. The quantitative estimate of drug-likeness (QED) is 0.845. The van der Waals surface area contributed by atoms with Gasteiger partial charge in [0.1, 0.15) is 0 Å². The van der Waals surface area contributed by atoms with Crippen LogP contribution in [0.2, 0.25) is 0 Å². The minimum absolute atomic E-state index is 0.331. The van der Waals surface area contributed by atoms with Gasteiger partial charge in [0.15, 0.2) is 0 Å². The Morgan fingerprint density at radius 3 is 2.82 bits per heavy atom. The van der Waals surface area contributed by atoms with Crippen molar-refractivity contribution in [3.05, 3.63) is 35.9 Å². The molecule has 1 saturated heterocycles. The third-order valence-corrected chi connectivity index (χ3v) is 3.67. The van der Waals surface area contributed by atoms with Crippen LogP contribution in [0.4, 0.5) is 0 Å². The van der Waals surface area contributed by atoms with Crippen LogP contribution in [0.5, 0.6) is 0 Å². The van der Waals surface area contributed by atoms with E-state index in [0.717, 1.165) is 18.9 Å². The molecule has 2 nitrogen and oxygen atoms in total. The van der Waals surface area contributed by atoms with Gasteiger partial charge < -0.3 is 5.73 Å². The highest BCUT2D eigenvalue weighted by Crippen LogP contribution is 2.21. The van der Waals surface area contributed by atoms with Crippen LogP contribution >= 0.6 is 0 Å². The molecule has 1 aromatic rings. The normalized spacial score (nSPS) is 22.8. The lowest BCUT2D eigenvalue weighted by Crippen LogP contribution is -2.35. The summed E-state index contributed by atoms with van der Waals surface area (Å²) < 4.78 is 0. The molecule has 2 N–H and O–H groups in total. The van der Waals surface area contributed by atoms with E-state index < -0.39 is 0 Å². The third kappa shape index (κ3) is 3.83. The number of hydrogen-bond acceptors (Lipinski definition) is 2. The van der Waals surface area contributed by atoms with Gasteiger partial charge in [0.05, 0.1) is 0 Å². The Bertz CT molecular complexity index is 321. The number of nitrogens with zero attached hydrogens (tertiary/aromatic N) is 1. The van der Waals surface area contributed by atoms with Crippen LogP contribution in [0.1, 0.15) is 31.7 Å². The Hall–Kier alpha value is -0.860. The van der Waals surface area contributed by atoms with Gasteiger partial charge >= 0.3 is 0 Å². The van der Waals surface area contributed by atoms with Crippen molar-refractivity contribution in [2.45, 2.75) is 44.7 Å². The van der Waals surface area contributed by atoms with Gasteiger partial charge in [-0.05, 0) is 44.7 Å². The smallest absolute Gasteiger partial charge is 0.0110 e. The molecular weight excluding hydrogens is 208 g/mol. The van der Waals surface area contributed by atoms with E-state index in [0.29, 0.717) is 6.04 Å². The SMILES string of the molecule is CC(N)CC1CCCN1CCc1ccccc1. The number of benzene rings is 1. The molecule has 0 aromatic heterocycles. The highest BCUT2D eigenvalue weighted by atomic mass is 15.2. The van der Waals surface area contributed by atoms with E-state index >= 15 is 0 Å². The van der Waals surface area contributed by atoms with Crippen molar-refractivity contribution in [1.29, 1.82) is 0 Å². The average Bonchev–Trinajstić information content (AvgIpc) is 2.74. The van der Waals surface area contributed by atoms with Gasteiger partial charge in [-0.3, -0.25) is 4.90 Å². The minimum atomic E-state index is 0.331. The lowest BCUT2D eigenvalue weighted by atomic mass is 10.1. The molecule has 2 unspecified atom stereocenters. The van der Waals surface area contributed by atoms with Gasteiger partial charge in [0, 0.05) is 18.6 Å². The molecule has 2 heteroatoms. The van der Waals surface area contributed by atoms with Crippen LogP contribution in [0.3, 0.4) is 0 Å². The molecule has 2 rings (SSSR count). The Labute approximate surface area is 105 Å². The summed E-state index contributed by atoms with van der Waals surface area (Å²) in [6.07, 6.45) is 4.98. The number of hydrogen-bond donors (Lipinski definition) is 1. The number of rotatable bonds is 5. The van der Waals surface area contributed by atoms with E-state index in [1.165, 1.54) is 31.5 Å². The summed E-state index contributed by atoms with van der Waals surface area (Å²) in [5.74, 6) is 0. The molecule has 1 aliphatic heterocycles. The van der Waals surface area contributed by atoms with Crippen LogP contribution in [0.25, 0.3) is 0 Å². The second kappa shape index (κ2) is 6.18. The van der Waals surface area contributed by atoms with Gasteiger partial charge in [0.2, 0.25) is 0 Å². The van der Waals surface area contributed by atoms with Crippen molar-refractivity contribution < 1.29 is 0 Å².